The second-order valence-corrected chi connectivity index (χ2v) is 5.71. The number of rotatable bonds is 3. The molecule has 8 heteroatoms. The lowest BCUT2D eigenvalue weighted by Crippen LogP contribution is -2.45. The van der Waals surface area contributed by atoms with Crippen LogP contribution in [0.2, 0.25) is 5.02 Å². The first kappa shape index (κ1) is 17.1. The van der Waals surface area contributed by atoms with E-state index in [4.69, 9.17) is 17.3 Å². The second kappa shape index (κ2) is 7.32. The number of ether oxygens (including phenoxy) is 1. The summed E-state index contributed by atoms with van der Waals surface area (Å²) in [4.78, 5) is 36.7. The van der Waals surface area contributed by atoms with Crippen LogP contribution in [-0.2, 0) is 9.53 Å². The van der Waals surface area contributed by atoms with E-state index in [9.17, 15) is 14.4 Å². The number of hydrogen-bond acceptors (Lipinski definition) is 4. The fourth-order valence-corrected chi connectivity index (χ4v) is 2.66. The zero-order valence-electron chi connectivity index (χ0n) is 12.7. The summed E-state index contributed by atoms with van der Waals surface area (Å²) in [7, 11) is 1.25. The first-order chi connectivity index (χ1) is 10.9. The van der Waals surface area contributed by atoms with Crippen LogP contribution >= 0.6 is 11.6 Å². The van der Waals surface area contributed by atoms with Gasteiger partial charge in [0, 0.05) is 18.8 Å². The molecule has 1 atom stereocenters. The summed E-state index contributed by atoms with van der Waals surface area (Å²) in [6.45, 7) is 0.839. The molecule has 1 aliphatic rings. The van der Waals surface area contributed by atoms with Crippen LogP contribution in [0.1, 0.15) is 23.2 Å². The molecule has 1 aromatic carbocycles. The molecule has 0 spiro atoms. The number of hydrogen-bond donors (Lipinski definition) is 2. The third-order valence-electron chi connectivity index (χ3n) is 3.73. The number of urea groups is 1. The molecule has 0 aromatic heterocycles. The van der Waals surface area contributed by atoms with Crippen LogP contribution < -0.4 is 11.1 Å². The van der Waals surface area contributed by atoms with Gasteiger partial charge >= 0.3 is 12.0 Å². The largest absolute Gasteiger partial charge is 0.465 e. The summed E-state index contributed by atoms with van der Waals surface area (Å²) in [5, 5.41) is 2.92. The van der Waals surface area contributed by atoms with Gasteiger partial charge in [-0.05, 0) is 31.0 Å². The molecule has 1 saturated heterocycles. The highest BCUT2D eigenvalue weighted by molar-refractivity contribution is 6.33. The Hall–Kier alpha value is -2.28. The summed E-state index contributed by atoms with van der Waals surface area (Å²) in [6.07, 6.45) is 1.40. The van der Waals surface area contributed by atoms with Gasteiger partial charge in [-0.1, -0.05) is 11.6 Å². The molecule has 0 saturated carbocycles. The molecular formula is C15H18ClN3O4. The van der Waals surface area contributed by atoms with Crippen molar-refractivity contribution in [2.45, 2.75) is 12.8 Å². The zero-order valence-corrected chi connectivity index (χ0v) is 13.4. The molecule has 1 fully saturated rings. The Labute approximate surface area is 138 Å². The normalized spacial score (nSPS) is 17.5. The highest BCUT2D eigenvalue weighted by Gasteiger charge is 2.27. The minimum absolute atomic E-state index is 0.167. The number of nitrogens with zero attached hydrogens (tertiary/aromatic N) is 1. The number of nitrogens with two attached hydrogens (primary N) is 1. The van der Waals surface area contributed by atoms with Crippen LogP contribution in [-0.4, -0.2) is 43.0 Å². The quantitative estimate of drug-likeness (QED) is 0.820. The molecule has 3 amide bonds. The predicted octanol–water partition coefficient (Wildman–Crippen LogP) is 1.86. The van der Waals surface area contributed by atoms with Crippen molar-refractivity contribution in [2.24, 2.45) is 11.7 Å². The maximum absolute atomic E-state index is 12.3. The number of nitrogens with one attached hydrogen (secondary N) is 1. The zero-order chi connectivity index (χ0) is 17.0. The van der Waals surface area contributed by atoms with E-state index < -0.39 is 11.9 Å². The highest BCUT2D eigenvalue weighted by atomic mass is 35.5. The number of primary amides is 1. The number of benzene rings is 1. The van der Waals surface area contributed by atoms with E-state index in [1.807, 2.05) is 0 Å². The average molecular weight is 340 g/mol. The monoisotopic (exact) mass is 339 g/mol. The van der Waals surface area contributed by atoms with Gasteiger partial charge in [0.1, 0.15) is 0 Å². The first-order valence-electron chi connectivity index (χ1n) is 7.15. The highest BCUT2D eigenvalue weighted by Crippen LogP contribution is 2.22. The number of methoxy groups -OCH3 is 1. The van der Waals surface area contributed by atoms with Crippen LogP contribution in [0, 0.1) is 5.92 Å². The van der Waals surface area contributed by atoms with E-state index in [1.54, 1.807) is 6.07 Å². The number of piperidine rings is 1. The van der Waals surface area contributed by atoms with Gasteiger partial charge in [0.25, 0.3) is 0 Å². The van der Waals surface area contributed by atoms with Crippen LogP contribution in [0.3, 0.4) is 0 Å². The summed E-state index contributed by atoms with van der Waals surface area (Å²) in [5.41, 5.74) is 5.89. The molecule has 1 unspecified atom stereocenters. The Bertz CT molecular complexity index is 635. The maximum atomic E-state index is 12.3. The Kier molecular flexibility index (Phi) is 5.44. The van der Waals surface area contributed by atoms with Gasteiger partial charge in [0.15, 0.2) is 0 Å². The van der Waals surface area contributed by atoms with Crippen molar-refractivity contribution in [1.29, 1.82) is 0 Å². The molecular weight excluding hydrogens is 322 g/mol. The molecule has 1 heterocycles. The molecule has 124 valence electrons. The summed E-state index contributed by atoms with van der Waals surface area (Å²) < 4.78 is 4.64. The standard InChI is InChI=1S/C15H18ClN3O4/c1-23-14(21)11-7-10(4-5-12(11)16)18-15(22)19-6-2-3-9(8-19)13(17)20/h4-5,7,9H,2-3,6,8H2,1H3,(H2,17,20)(H,18,22). The Morgan fingerprint density at radius 1 is 1.39 bits per heavy atom. The van der Waals surface area contributed by atoms with Crippen molar-refractivity contribution >= 4 is 35.2 Å². The third kappa shape index (κ3) is 4.13. The number of anilines is 1. The topological polar surface area (TPSA) is 102 Å². The molecule has 0 bridgehead atoms. The van der Waals surface area contributed by atoms with Crippen molar-refractivity contribution in [1.82, 2.24) is 4.90 Å². The number of carbonyl (C=O) groups excluding carboxylic acids is 3. The SMILES string of the molecule is COC(=O)c1cc(NC(=O)N2CCCC(C(N)=O)C2)ccc1Cl. The summed E-state index contributed by atoms with van der Waals surface area (Å²) >= 11 is 5.93. The second-order valence-electron chi connectivity index (χ2n) is 5.30. The minimum Gasteiger partial charge on any atom is -0.465 e. The van der Waals surface area contributed by atoms with Gasteiger partial charge in [-0.15, -0.1) is 0 Å². The molecule has 2 rings (SSSR count). The van der Waals surface area contributed by atoms with Crippen molar-refractivity contribution in [3.05, 3.63) is 28.8 Å². The molecule has 1 aliphatic heterocycles. The fourth-order valence-electron chi connectivity index (χ4n) is 2.47. The number of halogens is 1. The average Bonchev–Trinajstić information content (AvgIpc) is 2.55. The number of carbonyl (C=O) groups is 3. The van der Waals surface area contributed by atoms with E-state index >= 15 is 0 Å². The van der Waals surface area contributed by atoms with Gasteiger partial charge in [-0.2, -0.15) is 0 Å². The van der Waals surface area contributed by atoms with Crippen molar-refractivity contribution < 1.29 is 19.1 Å². The third-order valence-corrected chi connectivity index (χ3v) is 4.06. The van der Waals surface area contributed by atoms with E-state index in [0.717, 1.165) is 6.42 Å². The van der Waals surface area contributed by atoms with Crippen LogP contribution in [0.5, 0.6) is 0 Å². The summed E-state index contributed by atoms with van der Waals surface area (Å²) in [6, 6.07) is 4.18. The maximum Gasteiger partial charge on any atom is 0.339 e. The van der Waals surface area contributed by atoms with Crippen molar-refractivity contribution in [3.8, 4) is 0 Å². The van der Waals surface area contributed by atoms with E-state index in [0.29, 0.717) is 25.2 Å². The van der Waals surface area contributed by atoms with Crippen LogP contribution in [0.4, 0.5) is 10.5 Å². The molecule has 3 N–H and O–H groups in total. The summed E-state index contributed by atoms with van der Waals surface area (Å²) in [5.74, 6) is -1.31. The van der Waals surface area contributed by atoms with Crippen molar-refractivity contribution in [2.75, 3.05) is 25.5 Å². The van der Waals surface area contributed by atoms with Crippen molar-refractivity contribution in [3.63, 3.8) is 0 Å². The van der Waals surface area contributed by atoms with E-state index in [-0.39, 0.29) is 22.5 Å². The Morgan fingerprint density at radius 2 is 2.13 bits per heavy atom. The Balaban J connectivity index is 2.08. The van der Waals surface area contributed by atoms with Gasteiger partial charge in [0.2, 0.25) is 5.91 Å². The van der Waals surface area contributed by atoms with Gasteiger partial charge in [-0.25, -0.2) is 9.59 Å². The van der Waals surface area contributed by atoms with Gasteiger partial charge in [-0.3, -0.25) is 4.79 Å². The van der Waals surface area contributed by atoms with Gasteiger partial charge in [0.05, 0.1) is 23.6 Å². The number of amides is 3. The molecule has 1 aromatic rings. The molecule has 0 aliphatic carbocycles. The molecule has 23 heavy (non-hydrogen) atoms. The first-order valence-corrected chi connectivity index (χ1v) is 7.53. The number of esters is 1. The van der Waals surface area contributed by atoms with E-state index in [2.05, 4.69) is 10.1 Å². The lowest BCUT2D eigenvalue weighted by molar-refractivity contribution is -0.123. The van der Waals surface area contributed by atoms with Crippen LogP contribution in [0.25, 0.3) is 0 Å². The lowest BCUT2D eigenvalue weighted by atomic mass is 9.98. The molecule has 0 radical (unpaired) electrons. The number of likely N-dealkylation sites (tertiary alicyclic amines) is 1. The minimum atomic E-state index is -0.585. The van der Waals surface area contributed by atoms with Crippen LogP contribution in [0.15, 0.2) is 18.2 Å². The predicted molar refractivity (Wildman–Crippen MR) is 85.3 cm³/mol. The smallest absolute Gasteiger partial charge is 0.339 e. The van der Waals surface area contributed by atoms with Gasteiger partial charge < -0.3 is 20.7 Å². The molecule has 7 nitrogen and oxygen atoms in total. The van der Waals surface area contributed by atoms with E-state index in [1.165, 1.54) is 24.1 Å². The fraction of sp³-hybridized carbons (Fsp3) is 0.400. The Morgan fingerprint density at radius 3 is 2.78 bits per heavy atom. The lowest BCUT2D eigenvalue weighted by Gasteiger charge is -2.31.